The molecule has 6 heteroatoms. The first-order chi connectivity index (χ1) is 11.0. The second-order valence-electron chi connectivity index (χ2n) is 5.25. The number of ether oxygens (including phenoxy) is 1. The number of aromatic nitrogens is 2. The first kappa shape index (κ1) is 16.7. The van der Waals surface area contributed by atoms with E-state index in [1.165, 1.54) is 0 Å². The molecule has 3 N–H and O–H groups in total. The molecule has 0 saturated carbocycles. The fourth-order valence-electron chi connectivity index (χ4n) is 2.37. The van der Waals surface area contributed by atoms with Crippen molar-refractivity contribution in [3.05, 3.63) is 35.5 Å². The van der Waals surface area contributed by atoms with Crippen LogP contribution >= 0.6 is 0 Å². The van der Waals surface area contributed by atoms with Crippen LogP contribution in [0.4, 0.5) is 5.95 Å². The van der Waals surface area contributed by atoms with E-state index in [0.29, 0.717) is 23.6 Å². The molecule has 0 spiro atoms. The summed E-state index contributed by atoms with van der Waals surface area (Å²) in [6, 6.07) is 7.24. The fraction of sp³-hybridized carbons (Fsp3) is 0.353. The molecule has 0 fully saturated rings. The Balaban J connectivity index is 2.44. The Kier molecular flexibility index (Phi) is 5.51. The Morgan fingerprint density at radius 2 is 2.00 bits per heavy atom. The number of para-hydroxylation sites is 1. The highest BCUT2D eigenvalue weighted by Gasteiger charge is 2.21. The van der Waals surface area contributed by atoms with Gasteiger partial charge in [-0.1, -0.05) is 31.9 Å². The molecule has 0 aliphatic carbocycles. The van der Waals surface area contributed by atoms with Crippen LogP contribution in [-0.4, -0.2) is 27.7 Å². The van der Waals surface area contributed by atoms with Crippen molar-refractivity contribution in [2.45, 2.75) is 33.1 Å². The fourth-order valence-corrected chi connectivity index (χ4v) is 2.37. The van der Waals surface area contributed by atoms with E-state index >= 15 is 0 Å². The summed E-state index contributed by atoms with van der Waals surface area (Å²) in [6.45, 7) is 4.31. The summed E-state index contributed by atoms with van der Waals surface area (Å²) in [4.78, 5) is 19.7. The number of unbranched alkanes of at least 4 members (excludes halogenated alkanes) is 2. The highest BCUT2D eigenvalue weighted by atomic mass is 16.5. The average molecular weight is 315 g/mol. The van der Waals surface area contributed by atoms with E-state index < -0.39 is 5.97 Å². The summed E-state index contributed by atoms with van der Waals surface area (Å²) in [5.41, 5.74) is 6.97. The SMILES string of the molecule is CCCCCOc1ccccc1-c1nc(N)nc(C)c1C(=O)O. The van der Waals surface area contributed by atoms with E-state index in [-0.39, 0.29) is 17.2 Å². The van der Waals surface area contributed by atoms with Crippen molar-refractivity contribution in [3.8, 4) is 17.0 Å². The quantitative estimate of drug-likeness (QED) is 0.761. The third-order valence-corrected chi connectivity index (χ3v) is 3.47. The number of nitrogen functional groups attached to an aromatic ring is 1. The van der Waals surface area contributed by atoms with Crippen LogP contribution < -0.4 is 10.5 Å². The lowest BCUT2D eigenvalue weighted by atomic mass is 10.0. The van der Waals surface area contributed by atoms with Crippen molar-refractivity contribution in [2.75, 3.05) is 12.3 Å². The Morgan fingerprint density at radius 3 is 2.70 bits per heavy atom. The van der Waals surface area contributed by atoms with Crippen LogP contribution in [0.2, 0.25) is 0 Å². The lowest BCUT2D eigenvalue weighted by molar-refractivity contribution is 0.0696. The van der Waals surface area contributed by atoms with Crippen molar-refractivity contribution >= 4 is 11.9 Å². The monoisotopic (exact) mass is 315 g/mol. The number of aromatic carboxylic acids is 1. The van der Waals surface area contributed by atoms with Gasteiger partial charge in [0.15, 0.2) is 0 Å². The predicted molar refractivity (Wildman–Crippen MR) is 88.6 cm³/mol. The van der Waals surface area contributed by atoms with Gasteiger partial charge in [-0.2, -0.15) is 0 Å². The van der Waals surface area contributed by atoms with E-state index in [2.05, 4.69) is 16.9 Å². The third kappa shape index (κ3) is 3.97. The zero-order chi connectivity index (χ0) is 16.8. The van der Waals surface area contributed by atoms with Gasteiger partial charge in [-0.3, -0.25) is 0 Å². The molecule has 0 aliphatic rings. The van der Waals surface area contributed by atoms with Crippen molar-refractivity contribution in [1.29, 1.82) is 0 Å². The van der Waals surface area contributed by atoms with E-state index in [4.69, 9.17) is 10.5 Å². The first-order valence-corrected chi connectivity index (χ1v) is 7.64. The van der Waals surface area contributed by atoms with Crippen LogP contribution in [0.15, 0.2) is 24.3 Å². The highest BCUT2D eigenvalue weighted by molar-refractivity contribution is 5.96. The minimum atomic E-state index is -1.08. The van der Waals surface area contributed by atoms with Gasteiger partial charge in [-0.15, -0.1) is 0 Å². The smallest absolute Gasteiger partial charge is 0.339 e. The second-order valence-corrected chi connectivity index (χ2v) is 5.25. The number of anilines is 1. The van der Waals surface area contributed by atoms with Gasteiger partial charge < -0.3 is 15.6 Å². The van der Waals surface area contributed by atoms with Gasteiger partial charge in [0.2, 0.25) is 5.95 Å². The van der Waals surface area contributed by atoms with Crippen molar-refractivity contribution < 1.29 is 14.6 Å². The molecule has 6 nitrogen and oxygen atoms in total. The molecule has 23 heavy (non-hydrogen) atoms. The number of carboxylic acids is 1. The number of carbonyl (C=O) groups is 1. The van der Waals surface area contributed by atoms with Gasteiger partial charge in [-0.25, -0.2) is 14.8 Å². The summed E-state index contributed by atoms with van der Waals surface area (Å²) in [5, 5.41) is 9.47. The van der Waals surface area contributed by atoms with Gasteiger partial charge >= 0.3 is 5.97 Å². The molecule has 1 aromatic carbocycles. The second kappa shape index (κ2) is 7.58. The number of carboxylic acid groups (broad SMARTS) is 1. The molecule has 1 aromatic heterocycles. The molecule has 2 rings (SSSR count). The molecule has 122 valence electrons. The number of hydrogen-bond donors (Lipinski definition) is 2. The lowest BCUT2D eigenvalue weighted by Gasteiger charge is -2.14. The summed E-state index contributed by atoms with van der Waals surface area (Å²) >= 11 is 0. The van der Waals surface area contributed by atoms with E-state index in [1.54, 1.807) is 19.1 Å². The summed E-state index contributed by atoms with van der Waals surface area (Å²) in [6.07, 6.45) is 3.14. The minimum absolute atomic E-state index is 0.0447. The maximum Gasteiger partial charge on any atom is 0.339 e. The van der Waals surface area contributed by atoms with E-state index in [0.717, 1.165) is 19.3 Å². The van der Waals surface area contributed by atoms with Crippen LogP contribution in [0.3, 0.4) is 0 Å². The van der Waals surface area contributed by atoms with E-state index in [1.807, 2.05) is 12.1 Å². The topological polar surface area (TPSA) is 98.3 Å². The molecule has 0 unspecified atom stereocenters. The van der Waals surface area contributed by atoms with Crippen LogP contribution in [0.1, 0.15) is 42.2 Å². The largest absolute Gasteiger partial charge is 0.493 e. The maximum atomic E-state index is 11.6. The molecule has 2 aromatic rings. The number of nitrogens with two attached hydrogens (primary N) is 1. The summed E-state index contributed by atoms with van der Waals surface area (Å²) < 4.78 is 5.81. The van der Waals surface area contributed by atoms with Crippen molar-refractivity contribution in [3.63, 3.8) is 0 Å². The molecule has 0 bridgehead atoms. The van der Waals surface area contributed by atoms with Crippen molar-refractivity contribution in [1.82, 2.24) is 9.97 Å². The third-order valence-electron chi connectivity index (χ3n) is 3.47. The summed E-state index contributed by atoms with van der Waals surface area (Å²) in [5.74, 6) is -0.440. The van der Waals surface area contributed by atoms with Crippen LogP contribution in [0.5, 0.6) is 5.75 Å². The molecule has 0 atom stereocenters. The van der Waals surface area contributed by atoms with Crippen molar-refractivity contribution in [2.24, 2.45) is 0 Å². The number of aryl methyl sites for hydroxylation is 1. The minimum Gasteiger partial charge on any atom is -0.493 e. The van der Waals surface area contributed by atoms with Crippen LogP contribution in [0.25, 0.3) is 11.3 Å². The van der Waals surface area contributed by atoms with Gasteiger partial charge in [0.05, 0.1) is 18.0 Å². The number of rotatable bonds is 7. The van der Waals surface area contributed by atoms with Gasteiger partial charge in [0.1, 0.15) is 11.3 Å². The maximum absolute atomic E-state index is 11.6. The average Bonchev–Trinajstić information content (AvgIpc) is 2.50. The Hall–Kier alpha value is -2.63. The van der Waals surface area contributed by atoms with Gasteiger partial charge in [0, 0.05) is 5.56 Å². The molecule has 0 radical (unpaired) electrons. The zero-order valence-electron chi connectivity index (χ0n) is 13.4. The molecular weight excluding hydrogens is 294 g/mol. The molecule has 0 saturated heterocycles. The number of benzene rings is 1. The van der Waals surface area contributed by atoms with Gasteiger partial charge in [0.25, 0.3) is 0 Å². The molecule has 0 amide bonds. The first-order valence-electron chi connectivity index (χ1n) is 7.64. The summed E-state index contributed by atoms with van der Waals surface area (Å²) in [7, 11) is 0. The van der Waals surface area contributed by atoms with E-state index in [9.17, 15) is 9.90 Å². The van der Waals surface area contributed by atoms with Crippen LogP contribution in [-0.2, 0) is 0 Å². The highest BCUT2D eigenvalue weighted by Crippen LogP contribution is 2.32. The lowest BCUT2D eigenvalue weighted by Crippen LogP contribution is -2.10. The van der Waals surface area contributed by atoms with Gasteiger partial charge in [-0.05, 0) is 25.5 Å². The molecule has 0 aliphatic heterocycles. The Morgan fingerprint density at radius 1 is 1.26 bits per heavy atom. The molecule has 1 heterocycles. The zero-order valence-corrected chi connectivity index (χ0v) is 13.4. The Labute approximate surface area is 135 Å². The van der Waals surface area contributed by atoms with Crippen LogP contribution in [0, 0.1) is 6.92 Å². The predicted octanol–water partition coefficient (Wildman–Crippen LogP) is 3.30. The Bertz CT molecular complexity index is 701. The number of hydrogen-bond acceptors (Lipinski definition) is 5. The normalized spacial score (nSPS) is 10.5. The number of nitrogens with zero attached hydrogens (tertiary/aromatic N) is 2. The standard InChI is InChI=1S/C17H21N3O3/c1-3-4-7-10-23-13-9-6-5-8-12(13)15-14(16(21)22)11(2)19-17(18)20-15/h5-6,8-9H,3-4,7,10H2,1-2H3,(H,21,22)(H2,18,19,20). The molecular formula is C17H21N3O3.